The molecule has 2 nitrogen and oxygen atoms in total. The molecule has 90 heavy (non-hydrogen) atoms. The van der Waals surface area contributed by atoms with Gasteiger partial charge in [0.1, 0.15) is 0 Å². The minimum atomic E-state index is 0.895. The van der Waals surface area contributed by atoms with Crippen molar-refractivity contribution in [1.82, 2.24) is 0 Å². The van der Waals surface area contributed by atoms with Crippen LogP contribution in [0.4, 0.5) is 0 Å². The number of benzene rings is 2. The maximum absolute atomic E-state index is 9.60. The molecule has 0 saturated carbocycles. The van der Waals surface area contributed by atoms with Gasteiger partial charge in [0, 0.05) is 0 Å². The molecule has 0 saturated heterocycles. The molecule has 0 radical (unpaired) electrons. The maximum atomic E-state index is 9.60. The molecule has 0 amide bonds. The van der Waals surface area contributed by atoms with Gasteiger partial charge in [-0.1, -0.05) is 302 Å². The second-order valence-corrected chi connectivity index (χ2v) is 30.5. The number of nitrogens with zero attached hydrogens (tertiary/aromatic N) is 2. The van der Waals surface area contributed by atoms with Crippen LogP contribution in [0.5, 0.6) is 0 Å². The van der Waals surface area contributed by atoms with Crippen molar-refractivity contribution in [2.45, 2.75) is 456 Å². The van der Waals surface area contributed by atoms with Gasteiger partial charge < -0.3 is 5.53 Å². The van der Waals surface area contributed by atoms with Gasteiger partial charge in [-0.2, -0.15) is 0 Å². The van der Waals surface area contributed by atoms with Crippen LogP contribution < -0.4 is 0 Å². The van der Waals surface area contributed by atoms with Crippen LogP contribution in [0, 0.1) is 0 Å². The number of unbranched alkanes of at least 4 members (excludes halogenated alkanes) is 53. The fourth-order valence-electron chi connectivity index (χ4n) is 13.4. The van der Waals surface area contributed by atoms with E-state index in [1.54, 1.807) is 9.79 Å². The molecule has 3 heteroatoms. The Morgan fingerprint density at radius 1 is 0.300 bits per heavy atom. The molecule has 0 spiro atoms. The van der Waals surface area contributed by atoms with E-state index in [0.29, 0.717) is 0 Å². The average Bonchev–Trinajstić information content (AvgIpc) is 1.31. The fraction of sp³-hybridized carbons (Fsp3) is 0.816. The van der Waals surface area contributed by atoms with E-state index in [1.165, 1.54) is 393 Å². The quantitative estimate of drug-likeness (QED) is 0.0158. The summed E-state index contributed by atoms with van der Waals surface area (Å²) < 4.78 is 0. The van der Waals surface area contributed by atoms with E-state index in [1.807, 2.05) is 0 Å². The van der Waals surface area contributed by atoms with Gasteiger partial charge in [-0.25, -0.2) is 0 Å². The third kappa shape index (κ3) is 55.3. The normalized spacial score (nSPS) is 11.7. The van der Waals surface area contributed by atoms with E-state index in [0.717, 1.165) is 68.5 Å². The molecule has 2 rings (SSSR count). The smallest absolute Gasteiger partial charge is 0.348 e. The molecule has 524 valence electrons. The molecule has 2 aromatic rings. The summed E-state index contributed by atoms with van der Waals surface area (Å²) in [4.78, 5) is 6.53. The molecule has 0 aliphatic carbocycles. The van der Waals surface area contributed by atoms with Crippen molar-refractivity contribution in [3.05, 3.63) is 87.5 Å². The molecule has 0 fully saturated rings. The number of hydrogen-bond acceptors (Lipinski definition) is 0. The number of allylic oxidation sites excluding steroid dienone is 2. The predicted octanol–water partition coefficient (Wildman–Crippen LogP) is 31.2. The Labute approximate surface area is 573 Å². The Kier molecular flexibility index (Phi) is 68.1. The molecular weight excluding hydrogens is 1180 g/mol. The van der Waals surface area contributed by atoms with E-state index in [4.69, 9.17) is 0 Å². The molecule has 0 bridgehead atoms. The number of hydrogen-bond donors (Lipinski definition) is 0. The summed E-state index contributed by atoms with van der Waals surface area (Å²) in [7, 11) is 0. The Hall–Kier alpha value is -2.00. The minimum Gasteiger partial charge on any atom is -0.348 e. The second kappa shape index (κ2) is 71.3. The first-order valence-electron chi connectivity index (χ1n) is 40.9. The van der Waals surface area contributed by atoms with Gasteiger partial charge in [0.15, 0.2) is 0 Å². The summed E-state index contributed by atoms with van der Waals surface area (Å²) in [5, 5.41) is 0. The molecule has 0 atom stereocenters. The van der Waals surface area contributed by atoms with Crippen molar-refractivity contribution >= 4 is 11.4 Å². The van der Waals surface area contributed by atoms with Gasteiger partial charge in [0.2, 0.25) is 0 Å². The number of rotatable bonds is 68. The topological polar surface area (TPSA) is 36.4 Å². The van der Waals surface area contributed by atoms with E-state index in [9.17, 15) is 5.53 Å². The molecule has 0 aliphatic rings. The summed E-state index contributed by atoms with van der Waals surface area (Å²) in [6, 6.07) is 18.5. The van der Waals surface area contributed by atoms with Gasteiger partial charge >= 0.3 is 175 Å². The first-order chi connectivity index (χ1) is 44.6. The summed E-state index contributed by atoms with van der Waals surface area (Å²) in [6.07, 6.45) is 88.7. The molecular formula is C87H156N2Pd. The second-order valence-electron chi connectivity index (χ2n) is 28.2. The van der Waals surface area contributed by atoms with Crippen LogP contribution in [0.3, 0.4) is 0 Å². The van der Waals surface area contributed by atoms with Crippen LogP contribution in [0.2, 0.25) is 9.79 Å². The molecule has 0 unspecified atom stereocenters. The van der Waals surface area contributed by atoms with Gasteiger partial charge in [0.25, 0.3) is 0 Å². The molecule has 0 heterocycles. The molecule has 0 aromatic heterocycles. The van der Waals surface area contributed by atoms with E-state index >= 15 is 0 Å². The minimum absolute atomic E-state index is 0.895. The Morgan fingerprint density at radius 2 is 0.611 bits per heavy atom. The average molecular weight is 1340 g/mol. The third-order valence-electron chi connectivity index (χ3n) is 19.4. The summed E-state index contributed by atoms with van der Waals surface area (Å²) in [6.45, 7) is 13.6. The van der Waals surface area contributed by atoms with Crippen LogP contribution in [-0.4, -0.2) is 10.7 Å². The van der Waals surface area contributed by atoms with Crippen LogP contribution in [0.25, 0.3) is 11.1 Å². The first kappa shape index (κ1) is 86.0. The van der Waals surface area contributed by atoms with Gasteiger partial charge in [-0.15, -0.1) is 4.79 Å². The van der Waals surface area contributed by atoms with E-state index < -0.39 is 0 Å². The molecule has 2 aromatic carbocycles. The van der Waals surface area contributed by atoms with Gasteiger partial charge in [-0.05, 0) is 84.8 Å². The van der Waals surface area contributed by atoms with E-state index in [-0.39, 0.29) is 0 Å². The summed E-state index contributed by atoms with van der Waals surface area (Å²) in [5.74, 6) is 3.02. The summed E-state index contributed by atoms with van der Waals surface area (Å²) in [5.41, 5.74) is 18.6. The van der Waals surface area contributed by atoms with Gasteiger partial charge in [-0.3, -0.25) is 0 Å². The van der Waals surface area contributed by atoms with Crippen LogP contribution in [-0.2, 0) is 30.8 Å². The van der Waals surface area contributed by atoms with Crippen molar-refractivity contribution < 1.29 is 22.8 Å². The van der Waals surface area contributed by atoms with Crippen molar-refractivity contribution in [2.75, 3.05) is 0 Å². The monoisotopic (exact) mass is 1340 g/mol. The Morgan fingerprint density at radius 3 is 0.956 bits per heavy atom. The predicted molar refractivity (Wildman–Crippen MR) is 404 cm³/mol. The Balaban J connectivity index is 0.000000930. The van der Waals surface area contributed by atoms with Crippen molar-refractivity contribution in [3.63, 3.8) is 0 Å². The number of aryl methyl sites for hydroxylation is 2. The van der Waals surface area contributed by atoms with Crippen molar-refractivity contribution in [3.8, 4) is 0 Å². The Bertz CT molecular complexity index is 1830. The van der Waals surface area contributed by atoms with Crippen molar-refractivity contribution in [2.24, 2.45) is 0 Å². The third-order valence-corrected chi connectivity index (χ3v) is 21.6. The zero-order valence-electron chi connectivity index (χ0n) is 61.8. The van der Waals surface area contributed by atoms with Crippen molar-refractivity contribution in [1.29, 1.82) is 0 Å². The SMILES string of the molecule is CCCCCCCCCCCCCCCCCCCCCCCC[CH2][Pd][CH2]CCCCCCCCCCCCCCCCCCCCCCCC.CCCCCCCCc1cccc(C(=C(CCCC)C(=C=[N+]=[N-])CCCCC)c2ccc(CCCC)cc2)c1. The molecule has 0 aliphatic heterocycles. The first-order valence-corrected chi connectivity index (χ1v) is 43.1. The standard InChI is InChI=1S/C37H54N2.2C25H51.Pd/c1-5-9-13-14-15-17-20-32-21-18-23-34(29-32)37(33-27-25-31(26-28-33)19-11-7-3)36(24-12-8-4)35(30-39-38)22-16-10-6-2;2*1-3-5-7-9-11-13-15-17-19-21-23-25-24-22-20-18-16-14-12-10-8-6-4-2;/h18,21,23,25-29H,5-17,19-20,22,24H2,1-4H3;2*1,3-25H2,2H3;. The zero-order chi connectivity index (χ0) is 64.8. The van der Waals surface area contributed by atoms with Crippen LogP contribution >= 0.6 is 0 Å². The fourth-order valence-corrected chi connectivity index (χ4v) is 15.3. The van der Waals surface area contributed by atoms with E-state index in [2.05, 4.69) is 101 Å². The van der Waals surface area contributed by atoms with Gasteiger partial charge in [0.05, 0.1) is 5.57 Å². The van der Waals surface area contributed by atoms with Crippen LogP contribution in [0.1, 0.15) is 455 Å². The summed E-state index contributed by atoms with van der Waals surface area (Å²) >= 11 is 1.06. The van der Waals surface area contributed by atoms with Crippen LogP contribution in [0.15, 0.2) is 59.7 Å². The molecule has 0 N–H and O–H groups in total. The zero-order valence-corrected chi connectivity index (χ0v) is 63.3.